The van der Waals surface area contributed by atoms with Crippen LogP contribution in [0.3, 0.4) is 0 Å². The fraction of sp³-hybridized carbons (Fsp3) is 0.441. The van der Waals surface area contributed by atoms with Crippen LogP contribution in [-0.2, 0) is 19.1 Å². The van der Waals surface area contributed by atoms with Gasteiger partial charge in [0.15, 0.2) is 0 Å². The second-order valence-corrected chi connectivity index (χ2v) is 12.1. The molecule has 1 unspecified atom stereocenters. The van der Waals surface area contributed by atoms with Gasteiger partial charge in [0.1, 0.15) is 17.4 Å². The smallest absolute Gasteiger partial charge is 0.249 e. The Hall–Kier alpha value is -3.95. The van der Waals surface area contributed by atoms with Crippen molar-refractivity contribution < 1.29 is 29.0 Å². The molecule has 0 aliphatic carbocycles. The third kappa shape index (κ3) is 4.48. The molecule has 6 atom stereocenters. The first-order chi connectivity index (χ1) is 20.7. The van der Waals surface area contributed by atoms with Crippen LogP contribution in [0.5, 0.6) is 5.75 Å². The fourth-order valence-electron chi connectivity index (χ4n) is 7.43. The van der Waals surface area contributed by atoms with E-state index in [2.05, 4.69) is 0 Å². The van der Waals surface area contributed by atoms with Crippen LogP contribution in [0.4, 0.5) is 5.69 Å². The molecular weight excluding hydrogens is 546 g/mol. The minimum atomic E-state index is -1.40. The molecule has 6 rings (SSSR count). The molecule has 2 fully saturated rings. The number of carbonyl (C=O) groups is 3. The number of amides is 3. The average Bonchev–Trinajstić information content (AvgIpc) is 3.26. The molecular formula is C34H39N3O6. The molecule has 9 heteroatoms. The van der Waals surface area contributed by atoms with Crippen LogP contribution in [-0.4, -0.2) is 82.2 Å². The molecule has 1 spiro atoms. The van der Waals surface area contributed by atoms with E-state index in [0.717, 1.165) is 0 Å². The van der Waals surface area contributed by atoms with E-state index in [1.807, 2.05) is 107 Å². The minimum Gasteiger partial charge on any atom is -0.494 e. The number of hydrogen-bond donors (Lipinski definition) is 1. The number of aliphatic hydroxyl groups is 1. The molecule has 4 heterocycles. The van der Waals surface area contributed by atoms with E-state index in [1.54, 1.807) is 9.80 Å². The third-order valence-electron chi connectivity index (χ3n) is 9.30. The number of rotatable bonds is 7. The van der Waals surface area contributed by atoms with E-state index >= 15 is 0 Å². The van der Waals surface area contributed by atoms with Crippen LogP contribution in [0, 0.1) is 11.8 Å². The molecule has 4 aliphatic heterocycles. The summed E-state index contributed by atoms with van der Waals surface area (Å²) in [5.74, 6) is -2.07. The molecule has 1 N–H and O–H groups in total. The Bertz CT molecular complexity index is 1460. The molecule has 4 aliphatic rings. The summed E-state index contributed by atoms with van der Waals surface area (Å²) in [7, 11) is 0. The number of anilines is 1. The summed E-state index contributed by atoms with van der Waals surface area (Å²) in [5.41, 5.74) is -1.16. The van der Waals surface area contributed by atoms with E-state index in [1.165, 1.54) is 4.90 Å². The Labute approximate surface area is 252 Å². The van der Waals surface area contributed by atoms with Crippen LogP contribution in [0.1, 0.15) is 39.3 Å². The van der Waals surface area contributed by atoms with Gasteiger partial charge in [-0.3, -0.25) is 14.4 Å². The van der Waals surface area contributed by atoms with Crippen molar-refractivity contribution in [1.29, 1.82) is 0 Å². The average molecular weight is 586 g/mol. The van der Waals surface area contributed by atoms with E-state index in [0.29, 0.717) is 36.7 Å². The lowest BCUT2D eigenvalue weighted by Crippen LogP contribution is -2.57. The first-order valence-corrected chi connectivity index (χ1v) is 15.0. The first kappa shape index (κ1) is 29.1. The first-order valence-electron chi connectivity index (χ1n) is 15.0. The second-order valence-electron chi connectivity index (χ2n) is 12.1. The molecule has 9 nitrogen and oxygen atoms in total. The summed E-state index contributed by atoms with van der Waals surface area (Å²) in [6.07, 6.45) is 7.48. The lowest BCUT2D eigenvalue weighted by atomic mass is 9.74. The summed E-state index contributed by atoms with van der Waals surface area (Å²) in [4.78, 5) is 48.7. The molecule has 0 saturated carbocycles. The lowest BCUT2D eigenvalue weighted by molar-refractivity contribution is -0.155. The largest absolute Gasteiger partial charge is 0.494 e. The molecule has 0 bridgehead atoms. The monoisotopic (exact) mass is 585 g/mol. The molecule has 43 heavy (non-hydrogen) atoms. The van der Waals surface area contributed by atoms with Gasteiger partial charge in [0.25, 0.3) is 0 Å². The maximum absolute atomic E-state index is 14.8. The number of aliphatic hydroxyl groups excluding tert-OH is 1. The van der Waals surface area contributed by atoms with Crippen molar-refractivity contribution in [2.75, 3.05) is 31.2 Å². The summed E-state index contributed by atoms with van der Waals surface area (Å²) < 4.78 is 12.5. The van der Waals surface area contributed by atoms with Crippen molar-refractivity contribution in [3.05, 3.63) is 84.5 Å². The second kappa shape index (κ2) is 11.0. The number of likely N-dealkylation sites (tertiary alicyclic amines) is 1. The van der Waals surface area contributed by atoms with Gasteiger partial charge in [-0.1, -0.05) is 54.6 Å². The maximum Gasteiger partial charge on any atom is 0.249 e. The molecule has 0 aromatic heterocycles. The maximum atomic E-state index is 14.8. The number of nitrogens with zero attached hydrogens (tertiary/aromatic N) is 3. The van der Waals surface area contributed by atoms with Crippen molar-refractivity contribution in [2.45, 2.75) is 57.0 Å². The van der Waals surface area contributed by atoms with Gasteiger partial charge in [0.05, 0.1) is 36.7 Å². The zero-order valence-corrected chi connectivity index (χ0v) is 25.1. The standard InChI is InChI=1S/C34H39N3O6/c1-5-42-25-15-13-24(14-16-25)36-20-9-17-33(4)27(30(36)39)28-31(40)37(26(21-38)23-11-7-6-8-12-23)29-32(41)35(22(2)3)19-10-18-34(28,29)43-33/h6-18,22,26-29,38H,5,19-21H2,1-4H3/t26-,27-,28+,29?,33+,34+/m1/s1. The molecule has 2 saturated heterocycles. The van der Waals surface area contributed by atoms with Crippen molar-refractivity contribution in [3.63, 3.8) is 0 Å². The summed E-state index contributed by atoms with van der Waals surface area (Å²) in [6, 6.07) is 14.5. The van der Waals surface area contributed by atoms with Gasteiger partial charge in [-0.15, -0.1) is 0 Å². The molecule has 2 aromatic carbocycles. The van der Waals surface area contributed by atoms with Crippen LogP contribution >= 0.6 is 0 Å². The third-order valence-corrected chi connectivity index (χ3v) is 9.30. The lowest BCUT2D eigenvalue weighted by Gasteiger charge is -2.40. The van der Waals surface area contributed by atoms with Crippen molar-refractivity contribution in [3.8, 4) is 5.75 Å². The van der Waals surface area contributed by atoms with Gasteiger partial charge in [-0.2, -0.15) is 0 Å². The van der Waals surface area contributed by atoms with Crippen LogP contribution < -0.4 is 9.64 Å². The highest BCUT2D eigenvalue weighted by molar-refractivity contribution is 6.04. The number of fused-ring (bicyclic) bond motifs is 2. The van der Waals surface area contributed by atoms with Gasteiger partial charge in [-0.25, -0.2) is 0 Å². The van der Waals surface area contributed by atoms with E-state index in [-0.39, 0.29) is 30.4 Å². The topological polar surface area (TPSA) is 99.6 Å². The van der Waals surface area contributed by atoms with Gasteiger partial charge in [-0.05, 0) is 57.5 Å². The van der Waals surface area contributed by atoms with Crippen molar-refractivity contribution in [1.82, 2.24) is 9.80 Å². The summed E-state index contributed by atoms with van der Waals surface area (Å²) in [6.45, 7) is 8.42. The summed E-state index contributed by atoms with van der Waals surface area (Å²) >= 11 is 0. The molecule has 226 valence electrons. The van der Waals surface area contributed by atoms with Crippen LogP contribution in [0.15, 0.2) is 78.9 Å². The van der Waals surface area contributed by atoms with Crippen molar-refractivity contribution >= 4 is 23.4 Å². The van der Waals surface area contributed by atoms with E-state index < -0.39 is 35.1 Å². The Kier molecular flexibility index (Phi) is 7.42. The van der Waals surface area contributed by atoms with Crippen LogP contribution in [0.25, 0.3) is 0 Å². The van der Waals surface area contributed by atoms with Crippen molar-refractivity contribution in [2.24, 2.45) is 11.8 Å². The van der Waals surface area contributed by atoms with Gasteiger partial charge < -0.3 is 29.3 Å². The number of ether oxygens (including phenoxy) is 2. The van der Waals surface area contributed by atoms with Gasteiger partial charge in [0, 0.05) is 24.8 Å². The SMILES string of the molecule is CCOc1ccc(N2CC=C[C@]3(C)O[C@]45C=CCN(C(C)C)C(=O)C4N([C@H](CO)c4ccccc4)C(=O)[C@@H]5[C@@H]3C2=O)cc1. The number of benzene rings is 2. The normalized spacial score (nSPS) is 30.7. The Morgan fingerprint density at radius 3 is 2.28 bits per heavy atom. The predicted molar refractivity (Wildman–Crippen MR) is 161 cm³/mol. The Balaban J connectivity index is 1.48. The predicted octanol–water partition coefficient (Wildman–Crippen LogP) is 3.50. The quantitative estimate of drug-likeness (QED) is 0.500. The van der Waals surface area contributed by atoms with Gasteiger partial charge in [0.2, 0.25) is 17.7 Å². The Morgan fingerprint density at radius 1 is 0.930 bits per heavy atom. The highest BCUT2D eigenvalue weighted by Crippen LogP contribution is 2.59. The molecule has 2 aromatic rings. The van der Waals surface area contributed by atoms with E-state index in [4.69, 9.17) is 9.47 Å². The van der Waals surface area contributed by atoms with E-state index in [9.17, 15) is 19.5 Å². The highest BCUT2D eigenvalue weighted by atomic mass is 16.5. The minimum absolute atomic E-state index is 0.133. The number of carbonyl (C=O) groups excluding carboxylic acids is 3. The summed E-state index contributed by atoms with van der Waals surface area (Å²) in [5, 5.41) is 10.7. The fourth-order valence-corrected chi connectivity index (χ4v) is 7.43. The highest BCUT2D eigenvalue weighted by Gasteiger charge is 2.75. The number of hydrogen-bond acceptors (Lipinski definition) is 6. The Morgan fingerprint density at radius 2 is 1.63 bits per heavy atom. The zero-order chi connectivity index (χ0) is 30.5. The van der Waals surface area contributed by atoms with Crippen LogP contribution in [0.2, 0.25) is 0 Å². The zero-order valence-electron chi connectivity index (χ0n) is 25.1. The molecule has 3 amide bonds. The molecule has 0 radical (unpaired) electrons. The van der Waals surface area contributed by atoms with Gasteiger partial charge >= 0.3 is 0 Å².